The number of thioether (sulfide) groups is 1. The Labute approximate surface area is 169 Å². The van der Waals surface area contributed by atoms with Gasteiger partial charge in [0, 0.05) is 23.3 Å². The van der Waals surface area contributed by atoms with Crippen LogP contribution in [-0.2, 0) is 17.1 Å². The van der Waals surface area contributed by atoms with Crippen LogP contribution in [0.4, 0.5) is 0 Å². The van der Waals surface area contributed by atoms with Gasteiger partial charge in [0.2, 0.25) is 5.91 Å². The summed E-state index contributed by atoms with van der Waals surface area (Å²) >= 11 is 3.33. The maximum absolute atomic E-state index is 11.8. The zero-order chi connectivity index (χ0) is 18.7. The molecule has 2 aromatic rings. The van der Waals surface area contributed by atoms with Crippen LogP contribution >= 0.6 is 23.1 Å². The van der Waals surface area contributed by atoms with Crippen LogP contribution in [0.25, 0.3) is 0 Å². The normalized spacial score (nSPS) is 15.0. The van der Waals surface area contributed by atoms with E-state index >= 15 is 0 Å². The molecule has 0 aromatic carbocycles. The van der Waals surface area contributed by atoms with Gasteiger partial charge in [-0.3, -0.25) is 9.69 Å². The summed E-state index contributed by atoms with van der Waals surface area (Å²) in [6.07, 6.45) is 6.48. The van der Waals surface area contributed by atoms with Crippen molar-refractivity contribution in [3.05, 3.63) is 40.5 Å². The number of piperidine rings is 1. The van der Waals surface area contributed by atoms with E-state index in [4.69, 9.17) is 9.15 Å². The molecule has 7 heteroatoms. The third-order valence-corrected chi connectivity index (χ3v) is 6.28. The topological polar surface area (TPSA) is 54.7 Å². The highest BCUT2D eigenvalue weighted by atomic mass is 32.2. The van der Waals surface area contributed by atoms with Crippen LogP contribution in [0.2, 0.25) is 0 Å². The van der Waals surface area contributed by atoms with Crippen molar-refractivity contribution in [2.75, 3.05) is 32.0 Å². The molecular weight excluding hydrogens is 380 g/mol. The number of nitrogens with zero attached hydrogens (tertiary/aromatic N) is 1. The summed E-state index contributed by atoms with van der Waals surface area (Å²) in [6.45, 7) is 4.74. The fourth-order valence-electron chi connectivity index (χ4n) is 3.04. The Morgan fingerprint density at radius 2 is 2.22 bits per heavy atom. The first-order chi connectivity index (χ1) is 13.3. The zero-order valence-corrected chi connectivity index (χ0v) is 17.3. The standard InChI is InChI=1S/C20H28N2O3S2/c23-20(16-26-14-17-6-4-10-24-17)21-7-5-11-25-18-12-19(27-15-18)13-22-8-2-1-3-9-22/h4,6,10,12,15H,1-3,5,7-9,11,13-14,16H2,(H,21,23). The molecule has 1 aliphatic heterocycles. The van der Waals surface area contributed by atoms with Gasteiger partial charge in [0.15, 0.2) is 0 Å². The number of likely N-dealkylation sites (tertiary alicyclic amines) is 1. The maximum Gasteiger partial charge on any atom is 0.230 e. The highest BCUT2D eigenvalue weighted by Gasteiger charge is 2.12. The first-order valence-corrected chi connectivity index (χ1v) is 11.6. The summed E-state index contributed by atoms with van der Waals surface area (Å²) in [5, 5.41) is 5.02. The van der Waals surface area contributed by atoms with E-state index in [0.29, 0.717) is 18.9 Å². The first-order valence-electron chi connectivity index (χ1n) is 9.59. The Morgan fingerprint density at radius 1 is 1.33 bits per heavy atom. The molecule has 0 saturated carbocycles. The summed E-state index contributed by atoms with van der Waals surface area (Å²) in [5.74, 6) is 3.09. The van der Waals surface area contributed by atoms with Gasteiger partial charge < -0.3 is 14.5 Å². The summed E-state index contributed by atoms with van der Waals surface area (Å²) in [5.41, 5.74) is 0. The van der Waals surface area contributed by atoms with Gasteiger partial charge in [-0.2, -0.15) is 0 Å². The number of rotatable bonds is 11. The van der Waals surface area contributed by atoms with E-state index in [1.807, 2.05) is 12.1 Å². The van der Waals surface area contributed by atoms with E-state index in [0.717, 1.165) is 30.2 Å². The van der Waals surface area contributed by atoms with Crippen molar-refractivity contribution >= 4 is 29.0 Å². The third-order valence-electron chi connectivity index (χ3n) is 4.43. The molecule has 0 atom stereocenters. The number of carbonyl (C=O) groups is 1. The average Bonchev–Trinajstić information content (AvgIpc) is 3.34. The Bertz CT molecular complexity index is 667. The molecule has 2 aromatic heterocycles. The Morgan fingerprint density at radius 3 is 3.04 bits per heavy atom. The van der Waals surface area contributed by atoms with Gasteiger partial charge >= 0.3 is 0 Å². The van der Waals surface area contributed by atoms with E-state index in [-0.39, 0.29) is 5.91 Å². The third kappa shape index (κ3) is 7.60. The van der Waals surface area contributed by atoms with E-state index in [9.17, 15) is 4.79 Å². The van der Waals surface area contributed by atoms with Gasteiger partial charge in [-0.1, -0.05) is 6.42 Å². The predicted molar refractivity (Wildman–Crippen MR) is 111 cm³/mol. The van der Waals surface area contributed by atoms with Crippen LogP contribution in [0.1, 0.15) is 36.3 Å². The van der Waals surface area contributed by atoms with Crippen molar-refractivity contribution in [3.8, 4) is 5.75 Å². The minimum absolute atomic E-state index is 0.0610. The maximum atomic E-state index is 11.8. The van der Waals surface area contributed by atoms with E-state index < -0.39 is 0 Å². The number of nitrogens with one attached hydrogen (secondary N) is 1. The Hall–Kier alpha value is -1.44. The monoisotopic (exact) mass is 408 g/mol. The largest absolute Gasteiger partial charge is 0.493 e. The number of amides is 1. The SMILES string of the molecule is O=C(CSCc1ccco1)NCCCOc1csc(CN2CCCCC2)c1. The van der Waals surface area contributed by atoms with Crippen molar-refractivity contribution < 1.29 is 13.9 Å². The van der Waals surface area contributed by atoms with Crippen molar-refractivity contribution in [1.29, 1.82) is 0 Å². The van der Waals surface area contributed by atoms with Gasteiger partial charge in [-0.05, 0) is 50.6 Å². The molecule has 3 heterocycles. The van der Waals surface area contributed by atoms with E-state index in [1.165, 1.54) is 37.2 Å². The quantitative estimate of drug-likeness (QED) is 0.566. The molecule has 1 aliphatic rings. The average molecular weight is 409 g/mol. The van der Waals surface area contributed by atoms with Crippen LogP contribution in [-0.4, -0.2) is 42.8 Å². The molecule has 5 nitrogen and oxygen atoms in total. The molecule has 0 bridgehead atoms. The number of furan rings is 1. The van der Waals surface area contributed by atoms with E-state index in [2.05, 4.69) is 21.7 Å². The van der Waals surface area contributed by atoms with E-state index in [1.54, 1.807) is 29.4 Å². The van der Waals surface area contributed by atoms with Crippen molar-refractivity contribution in [2.45, 2.75) is 38.0 Å². The van der Waals surface area contributed by atoms with Gasteiger partial charge in [0.05, 0.1) is 24.4 Å². The highest BCUT2D eigenvalue weighted by molar-refractivity contribution is 7.99. The summed E-state index contributed by atoms with van der Waals surface area (Å²) in [7, 11) is 0. The Kier molecular flexibility index (Phi) is 8.58. The van der Waals surface area contributed by atoms with Crippen LogP contribution in [0.5, 0.6) is 5.75 Å². The zero-order valence-electron chi connectivity index (χ0n) is 15.7. The minimum Gasteiger partial charge on any atom is -0.493 e. The molecule has 1 amide bonds. The smallest absolute Gasteiger partial charge is 0.230 e. The lowest BCUT2D eigenvalue weighted by atomic mass is 10.1. The number of hydrogen-bond acceptors (Lipinski definition) is 6. The molecule has 148 valence electrons. The van der Waals surface area contributed by atoms with Gasteiger partial charge in [-0.15, -0.1) is 23.1 Å². The fraction of sp³-hybridized carbons (Fsp3) is 0.550. The van der Waals surface area contributed by atoms with Crippen LogP contribution in [0, 0.1) is 0 Å². The molecule has 0 aliphatic carbocycles. The van der Waals surface area contributed by atoms with Crippen molar-refractivity contribution in [2.24, 2.45) is 0 Å². The Balaban J connectivity index is 1.22. The molecule has 0 unspecified atom stereocenters. The molecule has 0 radical (unpaired) electrons. The van der Waals surface area contributed by atoms with Crippen LogP contribution < -0.4 is 10.1 Å². The second-order valence-corrected chi connectivity index (χ2v) is 8.69. The molecule has 1 fully saturated rings. The molecule has 0 spiro atoms. The predicted octanol–water partition coefficient (Wildman–Crippen LogP) is 4.15. The van der Waals surface area contributed by atoms with Gasteiger partial charge in [0.25, 0.3) is 0 Å². The van der Waals surface area contributed by atoms with Crippen molar-refractivity contribution in [3.63, 3.8) is 0 Å². The lowest BCUT2D eigenvalue weighted by molar-refractivity contribution is -0.118. The molecule has 1 saturated heterocycles. The van der Waals surface area contributed by atoms with Crippen LogP contribution in [0.3, 0.4) is 0 Å². The summed E-state index contributed by atoms with van der Waals surface area (Å²) in [4.78, 5) is 15.7. The molecule has 27 heavy (non-hydrogen) atoms. The lowest BCUT2D eigenvalue weighted by Crippen LogP contribution is -2.28. The summed E-state index contributed by atoms with van der Waals surface area (Å²) in [6, 6.07) is 5.94. The molecule has 1 N–H and O–H groups in total. The van der Waals surface area contributed by atoms with Crippen LogP contribution in [0.15, 0.2) is 34.3 Å². The fourth-order valence-corrected chi connectivity index (χ4v) is 4.64. The summed E-state index contributed by atoms with van der Waals surface area (Å²) < 4.78 is 11.1. The number of thiophene rings is 1. The second-order valence-electron chi connectivity index (χ2n) is 6.71. The second kappa shape index (κ2) is 11.4. The number of hydrogen-bond donors (Lipinski definition) is 1. The first kappa shape index (κ1) is 20.3. The van der Waals surface area contributed by atoms with Gasteiger partial charge in [0.1, 0.15) is 11.5 Å². The lowest BCUT2D eigenvalue weighted by Gasteiger charge is -2.25. The van der Waals surface area contributed by atoms with Gasteiger partial charge in [-0.25, -0.2) is 0 Å². The molecular formula is C20H28N2O3S2. The highest BCUT2D eigenvalue weighted by Crippen LogP contribution is 2.24. The number of carbonyl (C=O) groups excluding carboxylic acids is 1. The molecule has 3 rings (SSSR count). The minimum atomic E-state index is 0.0610. The van der Waals surface area contributed by atoms with Crippen molar-refractivity contribution in [1.82, 2.24) is 10.2 Å². The number of ether oxygens (including phenoxy) is 1.